The summed E-state index contributed by atoms with van der Waals surface area (Å²) in [5.41, 5.74) is 8.79. The zero-order valence-electron chi connectivity index (χ0n) is 22.2. The molecule has 0 saturated carbocycles. The fourth-order valence-corrected chi connectivity index (χ4v) is 4.54. The molecule has 8 nitrogen and oxygen atoms in total. The average molecular weight is 565 g/mol. The molecule has 0 aromatic heterocycles. The largest absolute Gasteiger partial charge is 0.366 e. The summed E-state index contributed by atoms with van der Waals surface area (Å²) in [6, 6.07) is 29.8. The molecule has 4 aromatic rings. The Morgan fingerprint density at radius 2 is 1.51 bits per heavy atom. The number of nitrogens with two attached hydrogens (primary N) is 1. The first-order chi connectivity index (χ1) is 19.8. The van der Waals surface area contributed by atoms with E-state index in [1.54, 1.807) is 78.9 Å². The van der Waals surface area contributed by atoms with Gasteiger partial charge in [-0.25, -0.2) is 0 Å². The summed E-state index contributed by atoms with van der Waals surface area (Å²) in [6.07, 6.45) is 1.63. The van der Waals surface area contributed by atoms with Gasteiger partial charge in [-0.05, 0) is 67.1 Å². The molecule has 0 spiro atoms. The lowest BCUT2D eigenvalue weighted by molar-refractivity contribution is -0.114. The lowest BCUT2D eigenvalue weighted by Crippen LogP contribution is -2.30. The van der Waals surface area contributed by atoms with Crippen molar-refractivity contribution in [2.45, 2.75) is 11.8 Å². The van der Waals surface area contributed by atoms with Crippen LogP contribution in [0.15, 0.2) is 114 Å². The van der Waals surface area contributed by atoms with E-state index < -0.39 is 17.7 Å². The molecule has 0 unspecified atom stereocenters. The minimum atomic E-state index is -0.622. The summed E-state index contributed by atoms with van der Waals surface area (Å²) in [4.78, 5) is 50.8. The number of anilines is 2. The Labute approximate surface area is 242 Å². The molecular formula is C32H28N4O4S. The molecule has 0 saturated heterocycles. The van der Waals surface area contributed by atoms with Crippen molar-refractivity contribution < 1.29 is 19.2 Å². The SMILES string of the molecule is Cc1cccc(/C=C(\NC(=O)c2ccccc2)C(=O)Nc2ccc(SCC(=O)Nc3ccccc3C(N)=O)cc2)c1. The number of primary amides is 1. The first-order valence-corrected chi connectivity index (χ1v) is 13.6. The van der Waals surface area contributed by atoms with E-state index >= 15 is 0 Å². The van der Waals surface area contributed by atoms with Crippen LogP contribution in [-0.4, -0.2) is 29.4 Å². The average Bonchev–Trinajstić information content (AvgIpc) is 2.97. The number of thioether (sulfide) groups is 1. The van der Waals surface area contributed by atoms with Crippen LogP contribution < -0.4 is 21.7 Å². The fraction of sp³-hybridized carbons (Fsp3) is 0.0625. The first-order valence-electron chi connectivity index (χ1n) is 12.7. The van der Waals surface area contributed by atoms with Crippen LogP contribution in [0, 0.1) is 6.92 Å². The summed E-state index contributed by atoms with van der Waals surface area (Å²) in [5.74, 6) is -1.69. The lowest BCUT2D eigenvalue weighted by atomic mass is 10.1. The molecule has 0 radical (unpaired) electrons. The summed E-state index contributed by atoms with van der Waals surface area (Å²) in [7, 11) is 0. The number of hydrogen-bond acceptors (Lipinski definition) is 5. The molecule has 0 fully saturated rings. The lowest BCUT2D eigenvalue weighted by Gasteiger charge is -2.12. The third kappa shape index (κ3) is 8.42. The van der Waals surface area contributed by atoms with Crippen LogP contribution in [0.5, 0.6) is 0 Å². The number of rotatable bonds is 10. The molecule has 9 heteroatoms. The van der Waals surface area contributed by atoms with Gasteiger partial charge in [0.15, 0.2) is 0 Å². The Kier molecular flexibility index (Phi) is 9.69. The minimum Gasteiger partial charge on any atom is -0.366 e. The number of hydrogen-bond donors (Lipinski definition) is 4. The van der Waals surface area contributed by atoms with Crippen molar-refractivity contribution in [3.63, 3.8) is 0 Å². The van der Waals surface area contributed by atoms with E-state index in [0.29, 0.717) is 16.9 Å². The molecule has 4 amide bonds. The highest BCUT2D eigenvalue weighted by Gasteiger charge is 2.16. The van der Waals surface area contributed by atoms with Gasteiger partial charge in [0.1, 0.15) is 5.70 Å². The molecule has 4 aromatic carbocycles. The number of benzene rings is 4. The van der Waals surface area contributed by atoms with Crippen molar-refractivity contribution in [3.05, 3.63) is 131 Å². The van der Waals surface area contributed by atoms with Crippen molar-refractivity contribution >= 4 is 52.8 Å². The number of carbonyl (C=O) groups excluding carboxylic acids is 4. The second kappa shape index (κ2) is 13.8. The Balaban J connectivity index is 1.40. The fourth-order valence-electron chi connectivity index (χ4n) is 3.84. The van der Waals surface area contributed by atoms with Gasteiger partial charge in [0.25, 0.3) is 17.7 Å². The van der Waals surface area contributed by atoms with Crippen molar-refractivity contribution in [2.24, 2.45) is 5.73 Å². The zero-order chi connectivity index (χ0) is 29.2. The third-order valence-electron chi connectivity index (χ3n) is 5.83. The minimum absolute atomic E-state index is 0.0933. The molecule has 0 aliphatic rings. The Bertz CT molecular complexity index is 1600. The van der Waals surface area contributed by atoms with E-state index in [2.05, 4.69) is 16.0 Å². The van der Waals surface area contributed by atoms with E-state index in [9.17, 15) is 19.2 Å². The highest BCUT2D eigenvalue weighted by molar-refractivity contribution is 8.00. The standard InChI is InChI=1S/C32H28N4O4S/c1-21-8-7-9-22(18-21)19-28(36-31(39)23-10-3-2-4-11-23)32(40)34-24-14-16-25(17-15-24)41-20-29(37)35-27-13-6-5-12-26(27)30(33)38/h2-19H,20H2,1H3,(H2,33,38)(H,34,40)(H,35,37)(H,36,39)/b28-19-. The van der Waals surface area contributed by atoms with E-state index in [-0.39, 0.29) is 22.9 Å². The van der Waals surface area contributed by atoms with E-state index in [1.165, 1.54) is 11.8 Å². The van der Waals surface area contributed by atoms with Crippen molar-refractivity contribution in [2.75, 3.05) is 16.4 Å². The Morgan fingerprint density at radius 3 is 2.22 bits per heavy atom. The topological polar surface area (TPSA) is 130 Å². The van der Waals surface area contributed by atoms with Crippen LogP contribution in [0.25, 0.3) is 6.08 Å². The van der Waals surface area contributed by atoms with Gasteiger partial charge in [0.05, 0.1) is 17.0 Å². The van der Waals surface area contributed by atoms with Gasteiger partial charge in [-0.1, -0.05) is 60.2 Å². The quantitative estimate of drug-likeness (QED) is 0.155. The number of aryl methyl sites for hydroxylation is 1. The first kappa shape index (κ1) is 28.8. The van der Waals surface area contributed by atoms with Crippen LogP contribution >= 0.6 is 11.8 Å². The van der Waals surface area contributed by atoms with Crippen LogP contribution in [0.1, 0.15) is 31.8 Å². The van der Waals surface area contributed by atoms with Gasteiger partial charge >= 0.3 is 0 Å². The van der Waals surface area contributed by atoms with Crippen molar-refractivity contribution in [3.8, 4) is 0 Å². The van der Waals surface area contributed by atoms with Gasteiger partial charge in [0, 0.05) is 16.1 Å². The molecular weight excluding hydrogens is 536 g/mol. The van der Waals surface area contributed by atoms with Gasteiger partial charge in [-0.15, -0.1) is 11.8 Å². The second-order valence-electron chi connectivity index (χ2n) is 9.02. The maximum Gasteiger partial charge on any atom is 0.272 e. The molecule has 0 atom stereocenters. The number of para-hydroxylation sites is 1. The summed E-state index contributed by atoms with van der Waals surface area (Å²) < 4.78 is 0. The predicted octanol–water partition coefficient (Wildman–Crippen LogP) is 5.23. The van der Waals surface area contributed by atoms with Crippen LogP contribution in [0.4, 0.5) is 11.4 Å². The maximum absolute atomic E-state index is 13.2. The summed E-state index contributed by atoms with van der Waals surface area (Å²) in [5, 5.41) is 8.25. The van der Waals surface area contributed by atoms with E-state index in [1.807, 2.05) is 37.3 Å². The smallest absolute Gasteiger partial charge is 0.272 e. The van der Waals surface area contributed by atoms with Gasteiger partial charge in [-0.3, -0.25) is 19.2 Å². The van der Waals surface area contributed by atoms with Crippen molar-refractivity contribution in [1.82, 2.24) is 5.32 Å². The molecule has 206 valence electrons. The highest BCUT2D eigenvalue weighted by Crippen LogP contribution is 2.22. The highest BCUT2D eigenvalue weighted by atomic mass is 32.2. The van der Waals surface area contributed by atoms with Gasteiger partial charge in [0.2, 0.25) is 5.91 Å². The number of amides is 4. The normalized spacial score (nSPS) is 10.9. The molecule has 0 bridgehead atoms. The van der Waals surface area contributed by atoms with Crippen molar-refractivity contribution in [1.29, 1.82) is 0 Å². The molecule has 4 rings (SSSR count). The Morgan fingerprint density at radius 1 is 0.805 bits per heavy atom. The van der Waals surface area contributed by atoms with Gasteiger partial charge in [-0.2, -0.15) is 0 Å². The van der Waals surface area contributed by atoms with E-state index in [4.69, 9.17) is 5.73 Å². The summed E-state index contributed by atoms with van der Waals surface area (Å²) >= 11 is 1.30. The van der Waals surface area contributed by atoms with Gasteiger partial charge < -0.3 is 21.7 Å². The molecule has 0 aliphatic heterocycles. The molecule has 41 heavy (non-hydrogen) atoms. The molecule has 5 N–H and O–H groups in total. The van der Waals surface area contributed by atoms with Crippen LogP contribution in [0.3, 0.4) is 0 Å². The second-order valence-corrected chi connectivity index (χ2v) is 10.1. The Hall–Kier alpha value is -5.15. The van der Waals surface area contributed by atoms with Crippen LogP contribution in [-0.2, 0) is 9.59 Å². The zero-order valence-corrected chi connectivity index (χ0v) is 23.0. The molecule has 0 heterocycles. The molecule has 0 aliphatic carbocycles. The van der Waals surface area contributed by atoms with E-state index in [0.717, 1.165) is 16.0 Å². The predicted molar refractivity (Wildman–Crippen MR) is 162 cm³/mol. The van der Waals surface area contributed by atoms with Crippen LogP contribution in [0.2, 0.25) is 0 Å². The monoisotopic (exact) mass is 564 g/mol. The summed E-state index contributed by atoms with van der Waals surface area (Å²) in [6.45, 7) is 1.95. The number of carbonyl (C=O) groups is 4. The number of nitrogens with one attached hydrogen (secondary N) is 3. The third-order valence-corrected chi connectivity index (χ3v) is 6.84. The maximum atomic E-state index is 13.2.